The minimum absolute atomic E-state index is 0.0613. The summed E-state index contributed by atoms with van der Waals surface area (Å²) in [5, 5.41) is 6.36. The van der Waals surface area contributed by atoms with Crippen LogP contribution in [0.2, 0.25) is 0 Å². The Hall–Kier alpha value is -1.59. The summed E-state index contributed by atoms with van der Waals surface area (Å²) < 4.78 is 10.7. The summed E-state index contributed by atoms with van der Waals surface area (Å²) in [5.74, 6) is -0.0613. The number of aryl methyl sites for hydroxylation is 1. The Balaban J connectivity index is 1.77. The second-order valence-corrected chi connectivity index (χ2v) is 5.26. The molecule has 0 aliphatic carbocycles. The van der Waals surface area contributed by atoms with Gasteiger partial charge < -0.3 is 20.1 Å². The van der Waals surface area contributed by atoms with Crippen LogP contribution in [-0.2, 0) is 15.9 Å². The first-order valence-corrected chi connectivity index (χ1v) is 7.07. The lowest BCUT2D eigenvalue weighted by atomic mass is 9.99. The van der Waals surface area contributed by atoms with Gasteiger partial charge >= 0.3 is 0 Å². The van der Waals surface area contributed by atoms with Crippen LogP contribution in [0.4, 0.5) is 5.69 Å². The van der Waals surface area contributed by atoms with Crippen LogP contribution in [0.5, 0.6) is 0 Å². The van der Waals surface area contributed by atoms with Crippen LogP contribution in [0.3, 0.4) is 0 Å². The SMILES string of the molecule is CO[C@H]1COC[C@@H]1NC(=O)c1cccc2c1NCCC2. The zero-order chi connectivity index (χ0) is 13.9. The van der Waals surface area contributed by atoms with E-state index in [2.05, 4.69) is 16.7 Å². The first kappa shape index (κ1) is 13.4. The normalized spacial score (nSPS) is 24.9. The smallest absolute Gasteiger partial charge is 0.253 e. The number of amides is 1. The molecule has 0 aromatic heterocycles. The lowest BCUT2D eigenvalue weighted by Crippen LogP contribution is -2.43. The molecule has 1 aromatic carbocycles. The average molecular weight is 276 g/mol. The van der Waals surface area contributed by atoms with Crippen molar-refractivity contribution in [3.8, 4) is 0 Å². The van der Waals surface area contributed by atoms with Crippen molar-refractivity contribution in [2.45, 2.75) is 25.0 Å². The topological polar surface area (TPSA) is 59.6 Å². The molecule has 2 N–H and O–H groups in total. The molecule has 108 valence electrons. The van der Waals surface area contributed by atoms with Crippen molar-refractivity contribution in [1.82, 2.24) is 5.32 Å². The number of para-hydroxylation sites is 1. The van der Waals surface area contributed by atoms with E-state index in [0.717, 1.165) is 25.1 Å². The second-order valence-electron chi connectivity index (χ2n) is 5.26. The van der Waals surface area contributed by atoms with Gasteiger partial charge in [-0.05, 0) is 24.5 Å². The van der Waals surface area contributed by atoms with Crippen molar-refractivity contribution in [2.24, 2.45) is 0 Å². The molecule has 2 aliphatic heterocycles. The number of carbonyl (C=O) groups excluding carboxylic acids is 1. The van der Waals surface area contributed by atoms with Gasteiger partial charge in [0.2, 0.25) is 0 Å². The molecule has 1 saturated heterocycles. The number of carbonyl (C=O) groups is 1. The number of hydrogen-bond donors (Lipinski definition) is 2. The molecule has 2 aliphatic rings. The molecule has 0 radical (unpaired) electrons. The highest BCUT2D eigenvalue weighted by Gasteiger charge is 2.30. The van der Waals surface area contributed by atoms with Gasteiger partial charge in [0.1, 0.15) is 6.10 Å². The van der Waals surface area contributed by atoms with Crippen LogP contribution in [0.15, 0.2) is 18.2 Å². The van der Waals surface area contributed by atoms with Crippen LogP contribution in [0.25, 0.3) is 0 Å². The first-order chi connectivity index (χ1) is 9.79. The van der Waals surface area contributed by atoms with Gasteiger partial charge in [-0.3, -0.25) is 4.79 Å². The first-order valence-electron chi connectivity index (χ1n) is 7.07. The molecule has 2 heterocycles. The van der Waals surface area contributed by atoms with Gasteiger partial charge in [-0.25, -0.2) is 0 Å². The molecule has 0 spiro atoms. The number of benzene rings is 1. The van der Waals surface area contributed by atoms with Crippen LogP contribution in [-0.4, -0.2) is 44.9 Å². The quantitative estimate of drug-likeness (QED) is 0.870. The molecule has 20 heavy (non-hydrogen) atoms. The summed E-state index contributed by atoms with van der Waals surface area (Å²) in [7, 11) is 1.64. The molecule has 0 bridgehead atoms. The maximum Gasteiger partial charge on any atom is 0.253 e. The van der Waals surface area contributed by atoms with Crippen LogP contribution >= 0.6 is 0 Å². The Kier molecular flexibility index (Phi) is 3.89. The van der Waals surface area contributed by atoms with Crippen LogP contribution in [0, 0.1) is 0 Å². The third kappa shape index (κ3) is 2.51. The fraction of sp³-hybridized carbons (Fsp3) is 0.533. The van der Waals surface area contributed by atoms with E-state index in [1.807, 2.05) is 12.1 Å². The minimum Gasteiger partial charge on any atom is -0.384 e. The number of methoxy groups -OCH3 is 1. The van der Waals surface area contributed by atoms with E-state index >= 15 is 0 Å². The maximum atomic E-state index is 12.5. The minimum atomic E-state index is -0.0769. The number of anilines is 1. The van der Waals surface area contributed by atoms with Crippen molar-refractivity contribution in [3.63, 3.8) is 0 Å². The molecule has 3 rings (SSSR count). The molecule has 1 fully saturated rings. The summed E-state index contributed by atoms with van der Waals surface area (Å²) in [6.07, 6.45) is 2.07. The van der Waals surface area contributed by atoms with Gasteiger partial charge in [0.25, 0.3) is 5.91 Å². The molecule has 1 aromatic rings. The van der Waals surface area contributed by atoms with E-state index in [0.29, 0.717) is 18.8 Å². The van der Waals surface area contributed by atoms with E-state index in [1.54, 1.807) is 7.11 Å². The Morgan fingerprint density at radius 2 is 2.35 bits per heavy atom. The lowest BCUT2D eigenvalue weighted by molar-refractivity contribution is 0.0685. The molecule has 5 heteroatoms. The molecular weight excluding hydrogens is 256 g/mol. The van der Waals surface area contributed by atoms with Crippen molar-refractivity contribution in [1.29, 1.82) is 0 Å². The van der Waals surface area contributed by atoms with Crippen LogP contribution < -0.4 is 10.6 Å². The highest BCUT2D eigenvalue weighted by atomic mass is 16.5. The van der Waals surface area contributed by atoms with E-state index in [-0.39, 0.29) is 18.1 Å². The van der Waals surface area contributed by atoms with E-state index in [4.69, 9.17) is 9.47 Å². The summed E-state index contributed by atoms with van der Waals surface area (Å²) in [6, 6.07) is 5.81. The Morgan fingerprint density at radius 1 is 1.45 bits per heavy atom. The number of nitrogens with one attached hydrogen (secondary N) is 2. The average Bonchev–Trinajstić information content (AvgIpc) is 2.93. The zero-order valence-corrected chi connectivity index (χ0v) is 11.6. The molecule has 2 atom stereocenters. The summed E-state index contributed by atoms with van der Waals surface area (Å²) in [4.78, 5) is 12.5. The molecule has 0 saturated carbocycles. The predicted octanol–water partition coefficient (Wildman–Crippen LogP) is 1.19. The van der Waals surface area contributed by atoms with Crippen LogP contribution in [0.1, 0.15) is 22.3 Å². The van der Waals surface area contributed by atoms with E-state index < -0.39 is 0 Å². The zero-order valence-electron chi connectivity index (χ0n) is 11.6. The van der Waals surface area contributed by atoms with Crippen molar-refractivity contribution >= 4 is 11.6 Å². The number of rotatable bonds is 3. The van der Waals surface area contributed by atoms with Gasteiger partial charge in [0, 0.05) is 13.7 Å². The Bertz CT molecular complexity index is 504. The highest BCUT2D eigenvalue weighted by molar-refractivity contribution is 6.00. The monoisotopic (exact) mass is 276 g/mol. The summed E-state index contributed by atoms with van der Waals surface area (Å²) in [5.41, 5.74) is 2.91. The Morgan fingerprint density at radius 3 is 3.20 bits per heavy atom. The van der Waals surface area contributed by atoms with E-state index in [1.165, 1.54) is 5.56 Å². The molecule has 0 unspecified atom stereocenters. The second kappa shape index (κ2) is 5.81. The molecule has 1 amide bonds. The third-order valence-electron chi connectivity index (χ3n) is 3.97. The van der Waals surface area contributed by atoms with Gasteiger partial charge in [-0.1, -0.05) is 12.1 Å². The van der Waals surface area contributed by atoms with Gasteiger partial charge in [0.15, 0.2) is 0 Å². The van der Waals surface area contributed by atoms with Crippen molar-refractivity contribution in [3.05, 3.63) is 29.3 Å². The van der Waals surface area contributed by atoms with Crippen molar-refractivity contribution in [2.75, 3.05) is 32.2 Å². The summed E-state index contributed by atoms with van der Waals surface area (Å²) >= 11 is 0. The van der Waals surface area contributed by atoms with Gasteiger partial charge in [-0.15, -0.1) is 0 Å². The molecular formula is C15H20N2O3. The standard InChI is InChI=1S/C15H20N2O3/c1-19-13-9-20-8-12(13)17-15(18)11-6-2-4-10-5-3-7-16-14(10)11/h2,4,6,12-13,16H,3,5,7-9H2,1H3,(H,17,18)/t12-,13-/m0/s1. The lowest BCUT2D eigenvalue weighted by Gasteiger charge is -2.22. The van der Waals surface area contributed by atoms with Crippen molar-refractivity contribution < 1.29 is 14.3 Å². The predicted molar refractivity (Wildman–Crippen MR) is 76.1 cm³/mol. The number of fused-ring (bicyclic) bond motifs is 1. The summed E-state index contributed by atoms with van der Waals surface area (Å²) in [6.45, 7) is 1.96. The van der Waals surface area contributed by atoms with Gasteiger partial charge in [0.05, 0.1) is 30.5 Å². The fourth-order valence-corrected chi connectivity index (χ4v) is 2.85. The maximum absolute atomic E-state index is 12.5. The van der Waals surface area contributed by atoms with E-state index in [9.17, 15) is 4.79 Å². The fourth-order valence-electron chi connectivity index (χ4n) is 2.85. The largest absolute Gasteiger partial charge is 0.384 e. The number of hydrogen-bond acceptors (Lipinski definition) is 4. The highest BCUT2D eigenvalue weighted by Crippen LogP contribution is 2.26. The third-order valence-corrected chi connectivity index (χ3v) is 3.97. The Labute approximate surface area is 118 Å². The molecule has 5 nitrogen and oxygen atoms in total. The van der Waals surface area contributed by atoms with Gasteiger partial charge in [-0.2, -0.15) is 0 Å². The number of ether oxygens (including phenoxy) is 2.